The third kappa shape index (κ3) is 3.68. The van der Waals surface area contributed by atoms with E-state index < -0.39 is 10.0 Å². The lowest BCUT2D eigenvalue weighted by molar-refractivity contribution is 0.560. The Labute approximate surface area is 124 Å². The van der Waals surface area contributed by atoms with Gasteiger partial charge in [0.15, 0.2) is 0 Å². The number of hydrogen-bond acceptors (Lipinski definition) is 4. The van der Waals surface area contributed by atoms with Gasteiger partial charge in [-0.2, -0.15) is 10.4 Å². The first-order valence-electron chi connectivity index (χ1n) is 6.42. The van der Waals surface area contributed by atoms with E-state index in [1.165, 1.54) is 18.2 Å². The molecule has 0 saturated heterocycles. The zero-order chi connectivity index (χ0) is 15.5. The zero-order valence-corrected chi connectivity index (χ0v) is 12.7. The fraction of sp³-hybridized carbons (Fsp3) is 0.286. The van der Waals surface area contributed by atoms with Crippen LogP contribution in [0.15, 0.2) is 35.5 Å². The molecule has 0 fully saturated rings. The second kappa shape index (κ2) is 6.08. The predicted octanol–water partition coefficient (Wildman–Crippen LogP) is 1.35. The van der Waals surface area contributed by atoms with Crippen LogP contribution in [0.5, 0.6) is 0 Å². The van der Waals surface area contributed by atoms with Crippen molar-refractivity contribution in [3.05, 3.63) is 47.3 Å². The molecule has 2 rings (SSSR count). The van der Waals surface area contributed by atoms with Crippen LogP contribution >= 0.6 is 0 Å². The van der Waals surface area contributed by atoms with E-state index in [0.717, 1.165) is 5.56 Å². The summed E-state index contributed by atoms with van der Waals surface area (Å²) < 4.78 is 28.5. The molecule has 1 heterocycles. The number of rotatable bonds is 5. The summed E-state index contributed by atoms with van der Waals surface area (Å²) >= 11 is 0. The Balaban J connectivity index is 2.05. The second-order valence-corrected chi connectivity index (χ2v) is 6.53. The Hall–Kier alpha value is -2.17. The third-order valence-electron chi connectivity index (χ3n) is 3.02. The van der Waals surface area contributed by atoms with Crippen molar-refractivity contribution in [1.29, 1.82) is 5.26 Å². The lowest BCUT2D eigenvalue weighted by Crippen LogP contribution is -2.27. The molecule has 0 amide bonds. The number of aromatic nitrogens is 2. The van der Waals surface area contributed by atoms with Crippen molar-refractivity contribution in [2.24, 2.45) is 0 Å². The number of nitriles is 1. The molecule has 0 aliphatic carbocycles. The van der Waals surface area contributed by atoms with Gasteiger partial charge in [-0.1, -0.05) is 0 Å². The summed E-state index contributed by atoms with van der Waals surface area (Å²) in [6.07, 6.45) is 3.57. The maximum atomic E-state index is 12.2. The van der Waals surface area contributed by atoms with Gasteiger partial charge in [0.2, 0.25) is 10.0 Å². The zero-order valence-electron chi connectivity index (χ0n) is 11.9. The fourth-order valence-electron chi connectivity index (χ4n) is 1.90. The number of hydrogen-bond donors (Lipinski definition) is 1. The summed E-state index contributed by atoms with van der Waals surface area (Å²) in [5.74, 6) is 0. The van der Waals surface area contributed by atoms with Gasteiger partial charge in [0.1, 0.15) is 0 Å². The van der Waals surface area contributed by atoms with Crippen molar-refractivity contribution >= 4 is 10.0 Å². The van der Waals surface area contributed by atoms with Gasteiger partial charge in [0.05, 0.1) is 29.3 Å². The average Bonchev–Trinajstić information content (AvgIpc) is 2.84. The molecule has 1 aromatic carbocycles. The number of sulfonamides is 1. The fourth-order valence-corrected chi connectivity index (χ4v) is 3.00. The van der Waals surface area contributed by atoms with Gasteiger partial charge in [-0.15, -0.1) is 0 Å². The summed E-state index contributed by atoms with van der Waals surface area (Å²) in [6, 6.07) is 6.46. The largest absolute Gasteiger partial charge is 0.271 e. The lowest BCUT2D eigenvalue weighted by atomic mass is 10.1. The van der Waals surface area contributed by atoms with Crippen LogP contribution in [-0.4, -0.2) is 24.7 Å². The molecule has 6 nitrogen and oxygen atoms in total. The van der Waals surface area contributed by atoms with Gasteiger partial charge in [0.25, 0.3) is 0 Å². The van der Waals surface area contributed by atoms with Crippen molar-refractivity contribution < 1.29 is 8.42 Å². The molecule has 110 valence electrons. The molecule has 0 aliphatic heterocycles. The molecule has 0 spiro atoms. The minimum absolute atomic E-state index is 0.163. The standard InChI is InChI=1S/C14H16N4O2S/c1-11-9-16-18(10-11)6-5-17-21(19,20)14-4-3-13(8-15)12(2)7-14/h3-4,7,9-10,17H,5-6H2,1-2H3. The first-order valence-corrected chi connectivity index (χ1v) is 7.90. The first kappa shape index (κ1) is 15.2. The summed E-state index contributed by atoms with van der Waals surface area (Å²) in [6.45, 7) is 4.35. The molecule has 21 heavy (non-hydrogen) atoms. The monoisotopic (exact) mass is 304 g/mol. The molecule has 0 radical (unpaired) electrons. The van der Waals surface area contributed by atoms with E-state index >= 15 is 0 Å². The maximum Gasteiger partial charge on any atom is 0.240 e. The van der Waals surface area contributed by atoms with E-state index in [0.29, 0.717) is 17.7 Å². The number of nitrogens with one attached hydrogen (secondary N) is 1. The van der Waals surface area contributed by atoms with Crippen LogP contribution in [0.1, 0.15) is 16.7 Å². The highest BCUT2D eigenvalue weighted by atomic mass is 32.2. The van der Waals surface area contributed by atoms with E-state index in [-0.39, 0.29) is 11.4 Å². The van der Waals surface area contributed by atoms with Crippen molar-refractivity contribution in [2.75, 3.05) is 6.54 Å². The van der Waals surface area contributed by atoms with Crippen molar-refractivity contribution in [3.8, 4) is 6.07 Å². The predicted molar refractivity (Wildman–Crippen MR) is 78.0 cm³/mol. The Morgan fingerprint density at radius 1 is 1.38 bits per heavy atom. The molecule has 7 heteroatoms. The second-order valence-electron chi connectivity index (χ2n) is 4.77. The van der Waals surface area contributed by atoms with Crippen LogP contribution in [0.2, 0.25) is 0 Å². The molecule has 0 bridgehead atoms. The van der Waals surface area contributed by atoms with Crippen molar-refractivity contribution in [1.82, 2.24) is 14.5 Å². The minimum Gasteiger partial charge on any atom is -0.271 e. The summed E-state index contributed by atoms with van der Waals surface area (Å²) in [5, 5.41) is 12.9. The number of aryl methyl sites for hydroxylation is 2. The van der Waals surface area contributed by atoms with E-state index in [1.807, 2.05) is 19.2 Å². The molecule has 1 N–H and O–H groups in total. The van der Waals surface area contributed by atoms with E-state index in [9.17, 15) is 8.42 Å². The number of nitrogens with zero attached hydrogens (tertiary/aromatic N) is 3. The van der Waals surface area contributed by atoms with Crippen LogP contribution < -0.4 is 4.72 Å². The summed E-state index contributed by atoms with van der Waals surface area (Å²) in [5.41, 5.74) is 2.14. The Kier molecular flexibility index (Phi) is 4.40. The van der Waals surface area contributed by atoms with Gasteiger partial charge in [-0.05, 0) is 43.2 Å². The molecular formula is C14H16N4O2S. The SMILES string of the molecule is Cc1cnn(CCNS(=O)(=O)c2ccc(C#N)c(C)c2)c1. The topological polar surface area (TPSA) is 87.8 Å². The molecule has 0 unspecified atom stereocenters. The summed E-state index contributed by atoms with van der Waals surface area (Å²) in [4.78, 5) is 0.163. The highest BCUT2D eigenvalue weighted by Gasteiger charge is 2.14. The average molecular weight is 304 g/mol. The molecule has 1 aromatic heterocycles. The minimum atomic E-state index is -3.57. The van der Waals surface area contributed by atoms with Crippen LogP contribution in [0, 0.1) is 25.2 Å². The number of benzene rings is 1. The van der Waals surface area contributed by atoms with Gasteiger partial charge < -0.3 is 0 Å². The highest BCUT2D eigenvalue weighted by Crippen LogP contribution is 2.14. The quantitative estimate of drug-likeness (QED) is 0.903. The lowest BCUT2D eigenvalue weighted by Gasteiger charge is -2.08. The molecule has 0 saturated carbocycles. The van der Waals surface area contributed by atoms with Crippen LogP contribution in [0.25, 0.3) is 0 Å². The summed E-state index contributed by atoms with van der Waals surface area (Å²) in [7, 11) is -3.57. The highest BCUT2D eigenvalue weighted by molar-refractivity contribution is 7.89. The van der Waals surface area contributed by atoms with Gasteiger partial charge in [0, 0.05) is 12.7 Å². The van der Waals surface area contributed by atoms with E-state index in [2.05, 4.69) is 9.82 Å². The maximum absolute atomic E-state index is 12.2. The molecule has 2 aromatic rings. The first-order chi connectivity index (χ1) is 9.92. The van der Waals surface area contributed by atoms with Crippen LogP contribution in [0.3, 0.4) is 0 Å². The third-order valence-corrected chi connectivity index (χ3v) is 4.48. The molecule has 0 aliphatic rings. The van der Waals surface area contributed by atoms with Crippen LogP contribution in [0.4, 0.5) is 0 Å². The normalized spacial score (nSPS) is 11.3. The van der Waals surface area contributed by atoms with Crippen molar-refractivity contribution in [3.63, 3.8) is 0 Å². The smallest absolute Gasteiger partial charge is 0.240 e. The molecular weight excluding hydrogens is 288 g/mol. The Bertz CT molecular complexity index is 788. The van der Waals surface area contributed by atoms with E-state index in [1.54, 1.807) is 17.8 Å². The van der Waals surface area contributed by atoms with Crippen molar-refractivity contribution in [2.45, 2.75) is 25.3 Å². The molecule has 0 atom stereocenters. The Morgan fingerprint density at radius 3 is 2.71 bits per heavy atom. The van der Waals surface area contributed by atoms with Crippen LogP contribution in [-0.2, 0) is 16.6 Å². The van der Waals surface area contributed by atoms with Gasteiger partial charge >= 0.3 is 0 Å². The van der Waals surface area contributed by atoms with E-state index in [4.69, 9.17) is 5.26 Å². The van der Waals surface area contributed by atoms with Gasteiger partial charge in [-0.3, -0.25) is 4.68 Å². The van der Waals surface area contributed by atoms with Gasteiger partial charge in [-0.25, -0.2) is 13.1 Å². The Morgan fingerprint density at radius 2 is 2.14 bits per heavy atom.